The van der Waals surface area contributed by atoms with E-state index in [1.54, 1.807) is 4.90 Å². The van der Waals surface area contributed by atoms with Gasteiger partial charge in [0.05, 0.1) is 0 Å². The molecule has 1 atom stereocenters. The number of carbonyl (C=O) groups excluding carboxylic acids is 2. The SMILES string of the molecule is CCCCNC(=O)[C@@H](Cc1ccccc1)N(Cc1cccc(Br)c1)C(=O)COc1ccc(C(C)C)cc1. The lowest BCUT2D eigenvalue weighted by Gasteiger charge is -2.31. The predicted molar refractivity (Wildman–Crippen MR) is 153 cm³/mol. The Hall–Kier alpha value is -3.12. The number of ether oxygens (including phenoxy) is 1. The first-order valence-corrected chi connectivity index (χ1v) is 13.7. The lowest BCUT2D eigenvalue weighted by Crippen LogP contribution is -2.51. The third-order valence-electron chi connectivity index (χ3n) is 6.25. The van der Waals surface area contributed by atoms with Gasteiger partial charge in [-0.05, 0) is 53.3 Å². The van der Waals surface area contributed by atoms with Gasteiger partial charge in [0, 0.05) is 24.0 Å². The summed E-state index contributed by atoms with van der Waals surface area (Å²) in [5.74, 6) is 0.662. The summed E-state index contributed by atoms with van der Waals surface area (Å²) in [7, 11) is 0. The van der Waals surface area contributed by atoms with Crippen LogP contribution in [-0.2, 0) is 22.6 Å². The number of nitrogens with zero attached hydrogens (tertiary/aromatic N) is 1. The van der Waals surface area contributed by atoms with E-state index in [0.717, 1.165) is 28.4 Å². The summed E-state index contributed by atoms with van der Waals surface area (Å²) in [5.41, 5.74) is 3.14. The molecule has 3 aromatic carbocycles. The minimum atomic E-state index is -0.669. The average Bonchev–Trinajstić information content (AvgIpc) is 2.90. The number of rotatable bonds is 13. The van der Waals surface area contributed by atoms with Gasteiger partial charge in [0.2, 0.25) is 5.91 Å². The average molecular weight is 566 g/mol. The van der Waals surface area contributed by atoms with Crippen LogP contribution in [0.1, 0.15) is 56.2 Å². The van der Waals surface area contributed by atoms with Crippen LogP contribution >= 0.6 is 15.9 Å². The van der Waals surface area contributed by atoms with Crippen LogP contribution in [0.3, 0.4) is 0 Å². The molecule has 0 aromatic heterocycles. The highest BCUT2D eigenvalue weighted by Gasteiger charge is 2.30. The molecule has 3 rings (SSSR count). The molecular weight excluding hydrogens is 528 g/mol. The normalized spacial score (nSPS) is 11.7. The summed E-state index contributed by atoms with van der Waals surface area (Å²) in [6.45, 7) is 7.09. The van der Waals surface area contributed by atoms with Crippen LogP contribution in [0.2, 0.25) is 0 Å². The molecule has 0 spiro atoms. The van der Waals surface area contributed by atoms with E-state index < -0.39 is 6.04 Å². The Morgan fingerprint density at radius 1 is 0.946 bits per heavy atom. The van der Waals surface area contributed by atoms with Crippen molar-refractivity contribution in [1.82, 2.24) is 10.2 Å². The first-order valence-electron chi connectivity index (χ1n) is 13.0. The van der Waals surface area contributed by atoms with Crippen molar-refractivity contribution in [3.63, 3.8) is 0 Å². The first kappa shape index (κ1) is 28.5. The van der Waals surface area contributed by atoms with Gasteiger partial charge in [-0.25, -0.2) is 0 Å². The minimum absolute atomic E-state index is 0.150. The monoisotopic (exact) mass is 564 g/mol. The molecular formula is C31H37BrN2O3. The van der Waals surface area contributed by atoms with Crippen LogP contribution in [-0.4, -0.2) is 35.9 Å². The van der Waals surface area contributed by atoms with Crippen LogP contribution < -0.4 is 10.1 Å². The molecule has 0 fully saturated rings. The highest BCUT2D eigenvalue weighted by Crippen LogP contribution is 2.20. The van der Waals surface area contributed by atoms with Crippen molar-refractivity contribution < 1.29 is 14.3 Å². The topological polar surface area (TPSA) is 58.6 Å². The van der Waals surface area contributed by atoms with Crippen LogP contribution in [0.15, 0.2) is 83.3 Å². The first-order chi connectivity index (χ1) is 17.9. The van der Waals surface area contributed by atoms with Crippen molar-refractivity contribution in [3.05, 3.63) is 100 Å². The summed E-state index contributed by atoms with van der Waals surface area (Å²) >= 11 is 3.52. The van der Waals surface area contributed by atoms with Crippen molar-refractivity contribution in [2.75, 3.05) is 13.2 Å². The summed E-state index contributed by atoms with van der Waals surface area (Å²) in [5, 5.41) is 3.04. The van der Waals surface area contributed by atoms with E-state index >= 15 is 0 Å². The number of unbranched alkanes of at least 4 members (excludes halogenated alkanes) is 1. The largest absolute Gasteiger partial charge is 0.484 e. The lowest BCUT2D eigenvalue weighted by molar-refractivity contribution is -0.142. The van der Waals surface area contributed by atoms with Crippen molar-refractivity contribution in [3.8, 4) is 5.75 Å². The van der Waals surface area contributed by atoms with Gasteiger partial charge in [0.1, 0.15) is 11.8 Å². The zero-order valence-corrected chi connectivity index (χ0v) is 23.5. The molecule has 0 heterocycles. The summed E-state index contributed by atoms with van der Waals surface area (Å²) in [6, 6.07) is 24.8. The minimum Gasteiger partial charge on any atom is -0.484 e. The molecule has 196 valence electrons. The molecule has 5 nitrogen and oxygen atoms in total. The zero-order chi connectivity index (χ0) is 26.6. The lowest BCUT2D eigenvalue weighted by atomic mass is 10.0. The Bertz CT molecular complexity index is 1130. The number of amides is 2. The fourth-order valence-corrected chi connectivity index (χ4v) is 4.52. The molecule has 1 N–H and O–H groups in total. The molecule has 3 aromatic rings. The van der Waals surface area contributed by atoms with Gasteiger partial charge in [-0.2, -0.15) is 0 Å². The second-order valence-corrected chi connectivity index (χ2v) is 10.4. The van der Waals surface area contributed by atoms with Gasteiger partial charge in [0.15, 0.2) is 6.61 Å². The van der Waals surface area contributed by atoms with Crippen LogP contribution in [0.25, 0.3) is 0 Å². The number of benzene rings is 3. The van der Waals surface area contributed by atoms with Crippen molar-refractivity contribution in [2.45, 2.75) is 58.5 Å². The smallest absolute Gasteiger partial charge is 0.261 e. The van der Waals surface area contributed by atoms with E-state index in [0.29, 0.717) is 31.2 Å². The summed E-state index contributed by atoms with van der Waals surface area (Å²) in [4.78, 5) is 28.8. The van der Waals surface area contributed by atoms with Crippen LogP contribution in [0, 0.1) is 0 Å². The maximum atomic E-state index is 13.7. The second kappa shape index (κ2) is 14.6. The Balaban J connectivity index is 1.86. The van der Waals surface area contributed by atoms with Crippen LogP contribution in [0.5, 0.6) is 5.75 Å². The molecule has 37 heavy (non-hydrogen) atoms. The van der Waals surface area contributed by atoms with Crippen molar-refractivity contribution in [1.29, 1.82) is 0 Å². The highest BCUT2D eigenvalue weighted by atomic mass is 79.9. The van der Waals surface area contributed by atoms with E-state index in [1.165, 1.54) is 5.56 Å². The fourth-order valence-electron chi connectivity index (χ4n) is 4.07. The van der Waals surface area contributed by atoms with Crippen molar-refractivity contribution >= 4 is 27.7 Å². The number of halogens is 1. The van der Waals surface area contributed by atoms with Crippen molar-refractivity contribution in [2.24, 2.45) is 0 Å². The Morgan fingerprint density at radius 2 is 1.65 bits per heavy atom. The van der Waals surface area contributed by atoms with E-state index in [2.05, 4.69) is 42.0 Å². The number of hydrogen-bond donors (Lipinski definition) is 1. The van der Waals surface area contributed by atoms with Gasteiger partial charge < -0.3 is 15.0 Å². The van der Waals surface area contributed by atoms with Gasteiger partial charge in [-0.15, -0.1) is 0 Å². The molecule has 6 heteroatoms. The van der Waals surface area contributed by atoms with E-state index in [1.807, 2.05) is 78.9 Å². The number of carbonyl (C=O) groups is 2. The molecule has 0 bridgehead atoms. The highest BCUT2D eigenvalue weighted by molar-refractivity contribution is 9.10. The Morgan fingerprint density at radius 3 is 2.30 bits per heavy atom. The molecule has 0 aliphatic heterocycles. The maximum Gasteiger partial charge on any atom is 0.261 e. The fraction of sp³-hybridized carbons (Fsp3) is 0.355. The van der Waals surface area contributed by atoms with E-state index in [4.69, 9.17) is 4.74 Å². The van der Waals surface area contributed by atoms with E-state index in [-0.39, 0.29) is 18.4 Å². The Kier molecular flexibility index (Phi) is 11.2. The number of nitrogens with one attached hydrogen (secondary N) is 1. The van der Waals surface area contributed by atoms with E-state index in [9.17, 15) is 9.59 Å². The molecule has 0 unspecified atom stereocenters. The van der Waals surface area contributed by atoms with Gasteiger partial charge in [0.25, 0.3) is 5.91 Å². The van der Waals surface area contributed by atoms with Gasteiger partial charge in [-0.1, -0.05) is 97.7 Å². The van der Waals surface area contributed by atoms with Crippen LogP contribution in [0.4, 0.5) is 0 Å². The third kappa shape index (κ3) is 9.04. The quantitative estimate of drug-likeness (QED) is 0.241. The molecule has 2 amide bonds. The molecule has 0 aliphatic carbocycles. The second-order valence-electron chi connectivity index (χ2n) is 9.51. The standard InChI is InChI=1S/C31H37BrN2O3/c1-4-5-18-33-31(36)29(20-24-10-7-6-8-11-24)34(21-25-12-9-13-27(32)19-25)30(35)22-37-28-16-14-26(15-17-28)23(2)3/h6-17,19,23,29H,4-5,18,20-22H2,1-3H3,(H,33,36)/t29-/m1/s1. The van der Waals surface area contributed by atoms with Gasteiger partial charge in [-0.3, -0.25) is 9.59 Å². The summed E-state index contributed by atoms with van der Waals surface area (Å²) < 4.78 is 6.81. The molecule has 0 saturated heterocycles. The molecule has 0 aliphatic rings. The molecule has 0 saturated carbocycles. The zero-order valence-electron chi connectivity index (χ0n) is 22.0. The third-order valence-corrected chi connectivity index (χ3v) is 6.74. The predicted octanol–water partition coefficient (Wildman–Crippen LogP) is 6.51. The van der Waals surface area contributed by atoms with Gasteiger partial charge >= 0.3 is 0 Å². The maximum absolute atomic E-state index is 13.7. The number of hydrogen-bond acceptors (Lipinski definition) is 3. The Labute approximate surface area is 229 Å². The summed E-state index contributed by atoms with van der Waals surface area (Å²) in [6.07, 6.45) is 2.29. The molecule has 0 radical (unpaired) electrons.